The highest BCUT2D eigenvalue weighted by atomic mass is 35.5. The van der Waals surface area contributed by atoms with E-state index in [0.29, 0.717) is 24.3 Å². The number of carbonyl (C=O) groups is 1. The van der Waals surface area contributed by atoms with Crippen LogP contribution in [-0.2, 0) is 14.8 Å². The summed E-state index contributed by atoms with van der Waals surface area (Å²) >= 11 is 0. The van der Waals surface area contributed by atoms with Gasteiger partial charge in [0.25, 0.3) is 0 Å². The fourth-order valence-electron chi connectivity index (χ4n) is 3.17. The molecule has 1 saturated carbocycles. The van der Waals surface area contributed by atoms with Crippen LogP contribution in [0.1, 0.15) is 45.4 Å². The molecule has 1 fully saturated rings. The number of halogens is 1. The minimum absolute atomic E-state index is 0. The van der Waals surface area contributed by atoms with E-state index < -0.39 is 10.0 Å². The molecule has 0 aromatic heterocycles. The van der Waals surface area contributed by atoms with Crippen molar-refractivity contribution in [2.75, 3.05) is 22.3 Å². The first-order chi connectivity index (χ1) is 11.4. The summed E-state index contributed by atoms with van der Waals surface area (Å²) in [7, 11) is -3.29. The summed E-state index contributed by atoms with van der Waals surface area (Å²) in [5.74, 6) is -0.0172. The number of hydrogen-bond donors (Lipinski definition) is 3. The Morgan fingerprint density at radius 1 is 1.12 bits per heavy atom. The minimum atomic E-state index is -3.29. The summed E-state index contributed by atoms with van der Waals surface area (Å²) in [5.41, 5.74) is 7.00. The highest BCUT2D eigenvalue weighted by Crippen LogP contribution is 2.38. The van der Waals surface area contributed by atoms with Crippen molar-refractivity contribution in [2.45, 2.75) is 45.4 Å². The zero-order chi connectivity index (χ0) is 17.6. The second kappa shape index (κ2) is 9.40. The van der Waals surface area contributed by atoms with E-state index in [-0.39, 0.29) is 29.5 Å². The third kappa shape index (κ3) is 6.49. The van der Waals surface area contributed by atoms with E-state index in [2.05, 4.69) is 10.0 Å². The highest BCUT2D eigenvalue weighted by Gasteiger charge is 2.32. The number of carbonyl (C=O) groups excluding carboxylic acids is 1. The zero-order valence-corrected chi connectivity index (χ0v) is 16.2. The molecule has 0 aliphatic heterocycles. The number of benzene rings is 1. The maximum atomic E-state index is 12.3. The molecule has 1 aromatic rings. The molecule has 4 N–H and O–H groups in total. The largest absolute Gasteiger partial charge is 0.330 e. The number of amides is 1. The maximum Gasteiger partial charge on any atom is 0.232 e. The Morgan fingerprint density at radius 2 is 1.68 bits per heavy atom. The lowest BCUT2D eigenvalue weighted by molar-refractivity contribution is -0.118. The van der Waals surface area contributed by atoms with Gasteiger partial charge in [0.05, 0.1) is 5.75 Å². The van der Waals surface area contributed by atoms with Crippen molar-refractivity contribution < 1.29 is 13.2 Å². The van der Waals surface area contributed by atoms with Gasteiger partial charge in [-0.15, -0.1) is 12.4 Å². The van der Waals surface area contributed by atoms with Gasteiger partial charge in [-0.05, 0) is 56.0 Å². The molecule has 142 valence electrons. The summed E-state index contributed by atoms with van der Waals surface area (Å²) in [6.07, 6.45) is 5.95. The Kier molecular flexibility index (Phi) is 8.18. The number of sulfonamides is 1. The Hall–Kier alpha value is -1.31. The van der Waals surface area contributed by atoms with Crippen LogP contribution >= 0.6 is 12.4 Å². The van der Waals surface area contributed by atoms with E-state index in [1.54, 1.807) is 31.2 Å². The van der Waals surface area contributed by atoms with Crippen molar-refractivity contribution in [2.24, 2.45) is 11.1 Å². The van der Waals surface area contributed by atoms with Crippen LogP contribution in [0.15, 0.2) is 24.3 Å². The van der Waals surface area contributed by atoms with Crippen molar-refractivity contribution >= 4 is 39.7 Å². The molecule has 1 aromatic carbocycles. The molecule has 0 saturated heterocycles. The number of nitrogens with one attached hydrogen (secondary N) is 2. The van der Waals surface area contributed by atoms with Crippen molar-refractivity contribution in [3.63, 3.8) is 0 Å². The van der Waals surface area contributed by atoms with E-state index in [9.17, 15) is 13.2 Å². The van der Waals surface area contributed by atoms with Crippen LogP contribution < -0.4 is 15.8 Å². The van der Waals surface area contributed by atoms with Gasteiger partial charge in [0.2, 0.25) is 15.9 Å². The Labute approximate surface area is 156 Å². The normalized spacial score (nSPS) is 16.6. The SMILES string of the molecule is CCS(=O)(=O)Nc1ccc(NC(=O)CC2(CN)CCCCC2)cc1.Cl. The zero-order valence-electron chi connectivity index (χ0n) is 14.6. The first-order valence-electron chi connectivity index (χ1n) is 8.48. The predicted molar refractivity (Wildman–Crippen MR) is 105 cm³/mol. The van der Waals surface area contributed by atoms with Crippen LogP contribution in [0, 0.1) is 5.41 Å². The van der Waals surface area contributed by atoms with Crippen LogP contribution in [0.3, 0.4) is 0 Å². The van der Waals surface area contributed by atoms with Gasteiger partial charge < -0.3 is 11.1 Å². The van der Waals surface area contributed by atoms with Gasteiger partial charge in [-0.1, -0.05) is 19.3 Å². The first kappa shape index (κ1) is 21.7. The molecule has 8 heteroatoms. The summed E-state index contributed by atoms with van der Waals surface area (Å²) in [6, 6.07) is 6.67. The summed E-state index contributed by atoms with van der Waals surface area (Å²) in [5, 5.41) is 2.88. The van der Waals surface area contributed by atoms with Crippen molar-refractivity contribution in [3.8, 4) is 0 Å². The van der Waals surface area contributed by atoms with E-state index >= 15 is 0 Å². The van der Waals surface area contributed by atoms with Crippen LogP contribution in [0.2, 0.25) is 0 Å². The standard InChI is InChI=1S/C17H27N3O3S.ClH/c1-2-24(22,23)20-15-8-6-14(7-9-15)19-16(21)12-17(13-18)10-4-3-5-11-17;/h6-9,20H,2-5,10-13,18H2,1H3,(H,19,21);1H. The predicted octanol–water partition coefficient (Wildman–Crippen LogP) is 3.11. The van der Waals surface area contributed by atoms with E-state index in [0.717, 1.165) is 25.7 Å². The van der Waals surface area contributed by atoms with Gasteiger partial charge in [-0.25, -0.2) is 8.42 Å². The van der Waals surface area contributed by atoms with Gasteiger partial charge in [-0.2, -0.15) is 0 Å². The molecule has 0 spiro atoms. The molecule has 0 radical (unpaired) electrons. The number of nitrogens with two attached hydrogens (primary N) is 1. The average Bonchev–Trinajstić information content (AvgIpc) is 2.57. The molecule has 6 nitrogen and oxygen atoms in total. The number of hydrogen-bond acceptors (Lipinski definition) is 4. The molecule has 2 rings (SSSR count). The molecule has 1 aliphatic rings. The van der Waals surface area contributed by atoms with E-state index in [1.807, 2.05) is 0 Å². The Morgan fingerprint density at radius 3 is 2.20 bits per heavy atom. The van der Waals surface area contributed by atoms with Crippen molar-refractivity contribution in [1.29, 1.82) is 0 Å². The van der Waals surface area contributed by atoms with Crippen LogP contribution in [0.5, 0.6) is 0 Å². The molecule has 0 unspecified atom stereocenters. The summed E-state index contributed by atoms with van der Waals surface area (Å²) in [4.78, 5) is 12.3. The summed E-state index contributed by atoms with van der Waals surface area (Å²) in [6.45, 7) is 2.12. The Balaban J connectivity index is 0.00000312. The molecule has 0 heterocycles. The molecule has 1 amide bonds. The average molecular weight is 390 g/mol. The maximum absolute atomic E-state index is 12.3. The van der Waals surface area contributed by atoms with Crippen molar-refractivity contribution in [1.82, 2.24) is 0 Å². The van der Waals surface area contributed by atoms with Gasteiger partial charge >= 0.3 is 0 Å². The van der Waals surface area contributed by atoms with E-state index in [1.165, 1.54) is 6.42 Å². The van der Waals surface area contributed by atoms with Crippen LogP contribution in [-0.4, -0.2) is 26.6 Å². The van der Waals surface area contributed by atoms with Gasteiger partial charge in [0.1, 0.15) is 0 Å². The molecular weight excluding hydrogens is 362 g/mol. The third-order valence-electron chi connectivity index (χ3n) is 4.70. The minimum Gasteiger partial charge on any atom is -0.330 e. The third-order valence-corrected chi connectivity index (χ3v) is 6.01. The second-order valence-electron chi connectivity index (χ2n) is 6.57. The quantitative estimate of drug-likeness (QED) is 0.666. The highest BCUT2D eigenvalue weighted by molar-refractivity contribution is 7.92. The molecule has 0 atom stereocenters. The van der Waals surface area contributed by atoms with E-state index in [4.69, 9.17) is 5.73 Å². The fourth-order valence-corrected chi connectivity index (χ4v) is 3.81. The smallest absolute Gasteiger partial charge is 0.232 e. The van der Waals surface area contributed by atoms with Crippen molar-refractivity contribution in [3.05, 3.63) is 24.3 Å². The van der Waals surface area contributed by atoms with Gasteiger partial charge in [-0.3, -0.25) is 9.52 Å². The summed E-state index contributed by atoms with van der Waals surface area (Å²) < 4.78 is 25.5. The molecular formula is C17H28ClN3O3S. The topological polar surface area (TPSA) is 101 Å². The number of anilines is 2. The monoisotopic (exact) mass is 389 g/mol. The second-order valence-corrected chi connectivity index (χ2v) is 8.58. The van der Waals surface area contributed by atoms with Crippen LogP contribution in [0.4, 0.5) is 11.4 Å². The Bertz CT molecular complexity index is 656. The van der Waals surface area contributed by atoms with Gasteiger partial charge in [0, 0.05) is 17.8 Å². The molecule has 25 heavy (non-hydrogen) atoms. The first-order valence-corrected chi connectivity index (χ1v) is 10.1. The van der Waals surface area contributed by atoms with Gasteiger partial charge in [0.15, 0.2) is 0 Å². The molecule has 1 aliphatic carbocycles. The number of rotatable bonds is 7. The lowest BCUT2D eigenvalue weighted by Gasteiger charge is -2.35. The fraction of sp³-hybridized carbons (Fsp3) is 0.588. The lowest BCUT2D eigenvalue weighted by Crippen LogP contribution is -2.36. The molecule has 0 bridgehead atoms. The van der Waals surface area contributed by atoms with Crippen LogP contribution in [0.25, 0.3) is 0 Å². The lowest BCUT2D eigenvalue weighted by atomic mass is 9.71.